The van der Waals surface area contributed by atoms with Crippen LogP contribution < -0.4 is 5.32 Å². The van der Waals surface area contributed by atoms with Crippen molar-refractivity contribution in [2.45, 2.75) is 25.8 Å². The Morgan fingerprint density at radius 2 is 2.00 bits per heavy atom. The number of nitrogens with one attached hydrogen (secondary N) is 1. The maximum Gasteiger partial charge on any atom is 0.220 e. The summed E-state index contributed by atoms with van der Waals surface area (Å²) in [5.74, 6) is 0.0754. The largest absolute Gasteiger partial charge is 0.356 e. The van der Waals surface area contributed by atoms with Gasteiger partial charge in [-0.3, -0.25) is 4.79 Å². The molecule has 0 fully saturated rings. The highest BCUT2D eigenvalue weighted by molar-refractivity contribution is 7.18. The number of carbonyl (C=O) groups is 1. The maximum absolute atomic E-state index is 12.1. The van der Waals surface area contributed by atoms with Crippen LogP contribution in [0.4, 0.5) is 0 Å². The summed E-state index contributed by atoms with van der Waals surface area (Å²) in [6, 6.07) is 13.7. The number of halogens is 2. The first-order valence-corrected chi connectivity index (χ1v) is 10.8. The first kappa shape index (κ1) is 21.1. The van der Waals surface area contributed by atoms with Crippen molar-refractivity contribution in [3.63, 3.8) is 0 Å². The van der Waals surface area contributed by atoms with Crippen LogP contribution in [0.3, 0.4) is 0 Å². The zero-order valence-corrected chi connectivity index (χ0v) is 18.1. The summed E-state index contributed by atoms with van der Waals surface area (Å²) in [5.41, 5.74) is 2.13. The molecule has 148 valence electrons. The highest BCUT2D eigenvalue weighted by atomic mass is 35.5. The van der Waals surface area contributed by atoms with Crippen LogP contribution in [0.5, 0.6) is 0 Å². The van der Waals surface area contributed by atoms with Crippen molar-refractivity contribution >= 4 is 50.7 Å². The summed E-state index contributed by atoms with van der Waals surface area (Å²) in [7, 11) is 2.05. The molecular weight excluding hydrogens is 413 g/mol. The lowest BCUT2D eigenvalue weighted by atomic mass is 10.2. The van der Waals surface area contributed by atoms with Crippen LogP contribution in [-0.4, -0.2) is 35.9 Å². The van der Waals surface area contributed by atoms with E-state index in [-0.39, 0.29) is 5.91 Å². The van der Waals surface area contributed by atoms with Gasteiger partial charge in [0.25, 0.3) is 0 Å². The lowest BCUT2D eigenvalue weighted by Crippen LogP contribution is -2.28. The van der Waals surface area contributed by atoms with Crippen LogP contribution >= 0.6 is 34.5 Å². The zero-order valence-electron chi connectivity index (χ0n) is 15.8. The van der Waals surface area contributed by atoms with Gasteiger partial charge in [-0.25, -0.2) is 4.98 Å². The van der Waals surface area contributed by atoms with Crippen LogP contribution in [0.15, 0.2) is 42.5 Å². The van der Waals surface area contributed by atoms with Crippen LogP contribution in [0.1, 0.15) is 23.4 Å². The minimum Gasteiger partial charge on any atom is -0.356 e. The SMILES string of the molecule is CN(CCCNC(=O)CCc1nc2ccccc2s1)Cc1ccc(Cl)c(Cl)c1. The summed E-state index contributed by atoms with van der Waals surface area (Å²) < 4.78 is 1.17. The topological polar surface area (TPSA) is 45.2 Å². The summed E-state index contributed by atoms with van der Waals surface area (Å²) in [6.07, 6.45) is 2.05. The van der Waals surface area contributed by atoms with Gasteiger partial charge in [0, 0.05) is 25.9 Å². The van der Waals surface area contributed by atoms with Crippen molar-refractivity contribution in [2.24, 2.45) is 0 Å². The molecule has 0 unspecified atom stereocenters. The van der Waals surface area contributed by atoms with Crippen LogP contribution in [-0.2, 0) is 17.8 Å². The molecule has 7 heteroatoms. The second-order valence-electron chi connectivity index (χ2n) is 6.77. The van der Waals surface area contributed by atoms with E-state index in [1.54, 1.807) is 11.3 Å². The first-order valence-electron chi connectivity index (χ1n) is 9.25. The highest BCUT2D eigenvalue weighted by Crippen LogP contribution is 2.23. The Hall–Kier alpha value is -1.66. The number of aryl methyl sites for hydroxylation is 1. The Labute approximate surface area is 179 Å². The number of aromatic nitrogens is 1. The van der Waals surface area contributed by atoms with Gasteiger partial charge in [-0.1, -0.05) is 41.4 Å². The molecule has 0 aliphatic heterocycles. The van der Waals surface area contributed by atoms with Gasteiger partial charge >= 0.3 is 0 Å². The van der Waals surface area contributed by atoms with E-state index < -0.39 is 0 Å². The molecule has 0 saturated carbocycles. The first-order chi connectivity index (χ1) is 13.5. The number of benzene rings is 2. The second kappa shape index (κ2) is 10.2. The molecule has 3 aromatic rings. The van der Waals surface area contributed by atoms with E-state index in [2.05, 4.69) is 28.3 Å². The van der Waals surface area contributed by atoms with Crippen LogP contribution in [0.2, 0.25) is 10.0 Å². The van der Waals surface area contributed by atoms with Crippen molar-refractivity contribution in [3.05, 3.63) is 63.1 Å². The number of rotatable bonds is 9. The molecule has 1 aromatic heterocycles. The predicted molar refractivity (Wildman–Crippen MR) is 118 cm³/mol. The molecule has 4 nitrogen and oxygen atoms in total. The number of hydrogen-bond donors (Lipinski definition) is 1. The monoisotopic (exact) mass is 435 g/mol. The quantitative estimate of drug-likeness (QED) is 0.471. The fourth-order valence-electron chi connectivity index (χ4n) is 2.94. The third-order valence-corrected chi connectivity index (χ3v) is 6.21. The number of thiazole rings is 1. The fourth-order valence-corrected chi connectivity index (χ4v) is 4.23. The number of fused-ring (bicyclic) bond motifs is 1. The predicted octanol–water partition coefficient (Wildman–Crippen LogP) is 5.17. The molecule has 0 atom stereocenters. The molecule has 0 saturated heterocycles. The lowest BCUT2D eigenvalue weighted by Gasteiger charge is -2.17. The van der Waals surface area contributed by atoms with Crippen molar-refractivity contribution in [2.75, 3.05) is 20.1 Å². The van der Waals surface area contributed by atoms with E-state index in [1.165, 1.54) is 4.70 Å². The van der Waals surface area contributed by atoms with Crippen molar-refractivity contribution in [1.82, 2.24) is 15.2 Å². The average molecular weight is 436 g/mol. The Balaban J connectivity index is 1.33. The molecule has 0 bridgehead atoms. The van der Waals surface area contributed by atoms with Crippen molar-refractivity contribution < 1.29 is 4.79 Å². The van der Waals surface area contributed by atoms with Crippen LogP contribution in [0.25, 0.3) is 10.2 Å². The number of nitrogens with zero attached hydrogens (tertiary/aromatic N) is 2. The Morgan fingerprint density at radius 3 is 2.79 bits per heavy atom. The Bertz CT molecular complexity index is 911. The molecule has 3 rings (SSSR count). The Kier molecular flexibility index (Phi) is 7.68. The van der Waals surface area contributed by atoms with Gasteiger partial charge in [-0.15, -0.1) is 11.3 Å². The minimum atomic E-state index is 0.0754. The molecule has 1 N–H and O–H groups in total. The smallest absolute Gasteiger partial charge is 0.220 e. The fraction of sp³-hybridized carbons (Fsp3) is 0.333. The molecule has 0 radical (unpaired) electrons. The lowest BCUT2D eigenvalue weighted by molar-refractivity contribution is -0.121. The maximum atomic E-state index is 12.1. The number of para-hydroxylation sites is 1. The van der Waals surface area contributed by atoms with Gasteiger partial charge < -0.3 is 10.2 Å². The van der Waals surface area contributed by atoms with Gasteiger partial charge in [0.05, 0.1) is 25.3 Å². The van der Waals surface area contributed by atoms with Crippen molar-refractivity contribution in [3.8, 4) is 0 Å². The van der Waals surface area contributed by atoms with Gasteiger partial charge in [0.2, 0.25) is 5.91 Å². The summed E-state index contributed by atoms with van der Waals surface area (Å²) in [6.45, 7) is 2.35. The van der Waals surface area contributed by atoms with Gasteiger partial charge in [0.15, 0.2) is 0 Å². The van der Waals surface area contributed by atoms with E-state index in [0.29, 0.717) is 29.4 Å². The van der Waals surface area contributed by atoms with Crippen molar-refractivity contribution in [1.29, 1.82) is 0 Å². The van der Waals surface area contributed by atoms with Crippen LogP contribution in [0, 0.1) is 0 Å². The van der Waals surface area contributed by atoms with Gasteiger partial charge in [0.1, 0.15) is 0 Å². The number of amides is 1. The van der Waals surface area contributed by atoms with Gasteiger partial charge in [-0.05, 0) is 49.8 Å². The third kappa shape index (κ3) is 6.17. The average Bonchev–Trinajstić information content (AvgIpc) is 3.09. The molecule has 0 aliphatic rings. The van der Waals surface area contributed by atoms with E-state index >= 15 is 0 Å². The van der Waals surface area contributed by atoms with E-state index in [4.69, 9.17) is 23.2 Å². The highest BCUT2D eigenvalue weighted by Gasteiger charge is 2.07. The molecular formula is C21H23Cl2N3OS. The van der Waals surface area contributed by atoms with E-state index in [0.717, 1.165) is 35.6 Å². The number of hydrogen-bond acceptors (Lipinski definition) is 4. The second-order valence-corrected chi connectivity index (χ2v) is 8.69. The summed E-state index contributed by atoms with van der Waals surface area (Å²) in [5, 5.41) is 5.15. The molecule has 1 heterocycles. The molecule has 28 heavy (non-hydrogen) atoms. The summed E-state index contributed by atoms with van der Waals surface area (Å²) in [4.78, 5) is 18.8. The molecule has 2 aromatic carbocycles. The molecule has 1 amide bonds. The van der Waals surface area contributed by atoms with Gasteiger partial charge in [-0.2, -0.15) is 0 Å². The molecule has 0 spiro atoms. The minimum absolute atomic E-state index is 0.0754. The standard InChI is InChI=1S/C21H23Cl2N3OS/c1-26(14-15-7-8-16(22)17(23)13-15)12-4-11-24-20(27)9-10-21-25-18-5-2-3-6-19(18)28-21/h2-3,5-8,13H,4,9-12,14H2,1H3,(H,24,27). The molecule has 0 aliphatic carbocycles. The number of carbonyl (C=O) groups excluding carboxylic acids is 1. The Morgan fingerprint density at radius 1 is 1.18 bits per heavy atom. The van der Waals surface area contributed by atoms with E-state index in [1.807, 2.05) is 36.4 Å². The third-order valence-electron chi connectivity index (χ3n) is 4.38. The summed E-state index contributed by atoms with van der Waals surface area (Å²) >= 11 is 13.7. The normalized spacial score (nSPS) is 11.3. The zero-order chi connectivity index (χ0) is 19.9. The van der Waals surface area contributed by atoms with E-state index in [9.17, 15) is 4.79 Å².